The quantitative estimate of drug-likeness (QED) is 0.686. The van der Waals surface area contributed by atoms with E-state index in [1.54, 1.807) is 0 Å². The third kappa shape index (κ3) is 2.42. The van der Waals surface area contributed by atoms with E-state index >= 15 is 0 Å². The normalized spacial score (nSPS) is 17.6. The zero-order valence-electron chi connectivity index (χ0n) is 13.7. The second kappa shape index (κ2) is 5.72. The molecule has 6 nitrogen and oxygen atoms in total. The number of fused-ring (bicyclic) bond motifs is 3. The lowest BCUT2D eigenvalue weighted by atomic mass is 9.84. The summed E-state index contributed by atoms with van der Waals surface area (Å²) < 4.78 is 2.06. The third-order valence-electron chi connectivity index (χ3n) is 5.11. The molecule has 1 saturated carbocycles. The maximum absolute atomic E-state index is 11.0. The molecule has 1 aromatic carbocycles. The van der Waals surface area contributed by atoms with E-state index in [9.17, 15) is 5.11 Å². The summed E-state index contributed by atoms with van der Waals surface area (Å²) in [5.74, 6) is 1.15. The molecule has 0 radical (unpaired) electrons. The molecule has 2 heterocycles. The van der Waals surface area contributed by atoms with Crippen molar-refractivity contribution in [1.29, 1.82) is 0 Å². The van der Waals surface area contributed by atoms with E-state index < -0.39 is 5.60 Å². The molecule has 1 fully saturated rings. The van der Waals surface area contributed by atoms with Gasteiger partial charge in [-0.2, -0.15) is 0 Å². The standard InChI is InChI=1S/C18H23N5O/c19-10-14-22-15-16(12-6-2-3-7-13(12)21-17(15)20)23(14)11-18(24)8-4-1-5-9-18/h2-3,6-7,24H,1,4-5,8-11,19H2,(H2,20,21). The van der Waals surface area contributed by atoms with Crippen LogP contribution in [0.1, 0.15) is 37.9 Å². The fraction of sp³-hybridized carbons (Fsp3) is 0.444. The van der Waals surface area contributed by atoms with E-state index in [2.05, 4.69) is 14.5 Å². The molecule has 6 heteroatoms. The van der Waals surface area contributed by atoms with Gasteiger partial charge < -0.3 is 21.1 Å². The first-order chi connectivity index (χ1) is 11.6. The van der Waals surface area contributed by atoms with E-state index in [0.717, 1.165) is 47.9 Å². The van der Waals surface area contributed by atoms with E-state index in [1.807, 2.05) is 24.3 Å². The number of nitrogen functional groups attached to an aromatic ring is 1. The van der Waals surface area contributed by atoms with E-state index in [1.165, 1.54) is 6.42 Å². The van der Waals surface area contributed by atoms with Crippen molar-refractivity contribution in [2.24, 2.45) is 5.73 Å². The van der Waals surface area contributed by atoms with Crippen molar-refractivity contribution in [3.8, 4) is 0 Å². The largest absolute Gasteiger partial charge is 0.388 e. The molecule has 0 aliphatic heterocycles. The van der Waals surface area contributed by atoms with Crippen LogP contribution in [-0.2, 0) is 13.1 Å². The molecule has 24 heavy (non-hydrogen) atoms. The number of hydrogen-bond acceptors (Lipinski definition) is 5. The maximum Gasteiger partial charge on any atom is 0.152 e. The van der Waals surface area contributed by atoms with Crippen molar-refractivity contribution < 1.29 is 5.11 Å². The van der Waals surface area contributed by atoms with Crippen LogP contribution >= 0.6 is 0 Å². The first kappa shape index (κ1) is 15.4. The molecule has 0 spiro atoms. The molecule has 1 aliphatic rings. The summed E-state index contributed by atoms with van der Waals surface area (Å²) in [5.41, 5.74) is 13.8. The highest BCUT2D eigenvalue weighted by atomic mass is 16.3. The zero-order chi connectivity index (χ0) is 16.7. The number of imidazole rings is 1. The summed E-state index contributed by atoms with van der Waals surface area (Å²) in [4.78, 5) is 9.07. The van der Waals surface area contributed by atoms with E-state index in [-0.39, 0.29) is 0 Å². The number of anilines is 1. The average molecular weight is 325 g/mol. The Balaban J connectivity index is 1.95. The Kier molecular flexibility index (Phi) is 3.66. The van der Waals surface area contributed by atoms with Crippen LogP contribution in [-0.4, -0.2) is 25.2 Å². The van der Waals surface area contributed by atoms with Crippen LogP contribution in [0.25, 0.3) is 21.9 Å². The number of para-hydroxylation sites is 1. The van der Waals surface area contributed by atoms with Gasteiger partial charge in [-0.25, -0.2) is 9.97 Å². The lowest BCUT2D eigenvalue weighted by molar-refractivity contribution is -0.0111. The number of benzene rings is 1. The minimum atomic E-state index is -0.699. The summed E-state index contributed by atoms with van der Waals surface area (Å²) >= 11 is 0. The van der Waals surface area contributed by atoms with Gasteiger partial charge >= 0.3 is 0 Å². The van der Waals surface area contributed by atoms with Crippen LogP contribution in [0, 0.1) is 0 Å². The topological polar surface area (TPSA) is 103 Å². The Morgan fingerprint density at radius 2 is 1.88 bits per heavy atom. The van der Waals surface area contributed by atoms with Crippen LogP contribution in [0.3, 0.4) is 0 Å². The number of rotatable bonds is 3. The highest BCUT2D eigenvalue weighted by Crippen LogP contribution is 2.34. The predicted molar refractivity (Wildman–Crippen MR) is 95.4 cm³/mol. The number of aromatic nitrogens is 3. The number of pyridine rings is 1. The smallest absolute Gasteiger partial charge is 0.152 e. The molecule has 0 saturated heterocycles. The highest BCUT2D eigenvalue weighted by molar-refractivity contribution is 6.06. The number of aliphatic hydroxyl groups is 1. The molecule has 2 aromatic heterocycles. The molecule has 0 bridgehead atoms. The van der Waals surface area contributed by atoms with Crippen LogP contribution in [0.4, 0.5) is 5.82 Å². The van der Waals surface area contributed by atoms with Crippen molar-refractivity contribution in [3.63, 3.8) is 0 Å². The Bertz CT molecular complexity index is 895. The second-order valence-corrected chi connectivity index (χ2v) is 6.81. The van der Waals surface area contributed by atoms with Crippen LogP contribution in [0.15, 0.2) is 24.3 Å². The second-order valence-electron chi connectivity index (χ2n) is 6.81. The van der Waals surface area contributed by atoms with Gasteiger partial charge in [0.2, 0.25) is 0 Å². The Morgan fingerprint density at radius 1 is 1.12 bits per heavy atom. The first-order valence-electron chi connectivity index (χ1n) is 8.57. The van der Waals surface area contributed by atoms with Crippen molar-refractivity contribution in [1.82, 2.24) is 14.5 Å². The number of nitrogens with two attached hydrogens (primary N) is 2. The van der Waals surface area contributed by atoms with E-state index in [0.29, 0.717) is 24.4 Å². The molecule has 0 atom stereocenters. The maximum atomic E-state index is 11.0. The monoisotopic (exact) mass is 325 g/mol. The van der Waals surface area contributed by atoms with Crippen molar-refractivity contribution >= 4 is 27.8 Å². The molecule has 4 rings (SSSR count). The predicted octanol–water partition coefficient (Wildman–Crippen LogP) is 2.32. The molecular weight excluding hydrogens is 302 g/mol. The van der Waals surface area contributed by atoms with Gasteiger partial charge in [0.25, 0.3) is 0 Å². The average Bonchev–Trinajstić information content (AvgIpc) is 2.94. The highest BCUT2D eigenvalue weighted by Gasteiger charge is 2.31. The molecule has 1 aliphatic carbocycles. The van der Waals surface area contributed by atoms with Gasteiger partial charge in [-0.1, -0.05) is 37.5 Å². The molecule has 3 aromatic rings. The van der Waals surface area contributed by atoms with Crippen LogP contribution in [0.2, 0.25) is 0 Å². The Hall–Kier alpha value is -2.18. The molecule has 0 amide bonds. The lowest BCUT2D eigenvalue weighted by Crippen LogP contribution is -2.37. The molecular formula is C18H23N5O. The molecule has 126 valence electrons. The van der Waals surface area contributed by atoms with Crippen molar-refractivity contribution in [2.45, 2.75) is 50.8 Å². The minimum Gasteiger partial charge on any atom is -0.388 e. The van der Waals surface area contributed by atoms with Gasteiger partial charge in [0.05, 0.1) is 29.7 Å². The van der Waals surface area contributed by atoms with Crippen LogP contribution < -0.4 is 11.5 Å². The fourth-order valence-electron chi connectivity index (χ4n) is 3.89. The molecule has 0 unspecified atom stereocenters. The summed E-state index contributed by atoms with van der Waals surface area (Å²) in [5, 5.41) is 12.0. The summed E-state index contributed by atoms with van der Waals surface area (Å²) in [6, 6.07) is 7.89. The van der Waals surface area contributed by atoms with Gasteiger partial charge in [0, 0.05) is 5.39 Å². The van der Waals surface area contributed by atoms with Crippen LogP contribution in [0.5, 0.6) is 0 Å². The Morgan fingerprint density at radius 3 is 2.62 bits per heavy atom. The summed E-state index contributed by atoms with van der Waals surface area (Å²) in [6.45, 7) is 0.808. The van der Waals surface area contributed by atoms with E-state index in [4.69, 9.17) is 11.5 Å². The summed E-state index contributed by atoms with van der Waals surface area (Å²) in [6.07, 6.45) is 4.94. The van der Waals surface area contributed by atoms with Gasteiger partial charge in [0.15, 0.2) is 5.82 Å². The van der Waals surface area contributed by atoms with Gasteiger partial charge in [-0.3, -0.25) is 0 Å². The van der Waals surface area contributed by atoms with Gasteiger partial charge in [0.1, 0.15) is 11.3 Å². The lowest BCUT2D eigenvalue weighted by Gasteiger charge is -2.33. The third-order valence-corrected chi connectivity index (χ3v) is 5.11. The number of hydrogen-bond donors (Lipinski definition) is 3. The SMILES string of the molecule is NCc1nc2c(N)nc3ccccc3c2n1CC1(O)CCCCC1. The number of nitrogens with zero attached hydrogens (tertiary/aromatic N) is 3. The Labute approximate surface area is 140 Å². The molecule has 5 N–H and O–H groups in total. The summed E-state index contributed by atoms with van der Waals surface area (Å²) in [7, 11) is 0. The fourth-order valence-corrected chi connectivity index (χ4v) is 3.89. The zero-order valence-corrected chi connectivity index (χ0v) is 13.7. The van der Waals surface area contributed by atoms with Crippen molar-refractivity contribution in [3.05, 3.63) is 30.1 Å². The first-order valence-corrected chi connectivity index (χ1v) is 8.57. The van der Waals surface area contributed by atoms with Crippen molar-refractivity contribution in [2.75, 3.05) is 5.73 Å². The van der Waals surface area contributed by atoms with Gasteiger partial charge in [-0.15, -0.1) is 0 Å². The minimum absolute atomic E-state index is 0.304. The van der Waals surface area contributed by atoms with Gasteiger partial charge in [-0.05, 0) is 18.9 Å².